The van der Waals surface area contributed by atoms with E-state index in [2.05, 4.69) is 56.4 Å². The van der Waals surface area contributed by atoms with Gasteiger partial charge in [-0.05, 0) is 61.9 Å². The second-order valence-electron chi connectivity index (χ2n) is 12.2. The van der Waals surface area contributed by atoms with Gasteiger partial charge in [-0.3, -0.25) is 29.9 Å². The van der Waals surface area contributed by atoms with Crippen LogP contribution in [0.2, 0.25) is 0 Å². The number of carbonyl (C=O) groups excluding carboxylic acids is 1. The van der Waals surface area contributed by atoms with Crippen LogP contribution in [0.3, 0.4) is 0 Å². The summed E-state index contributed by atoms with van der Waals surface area (Å²) in [6.45, 7) is 1.19. The fraction of sp³-hybridized carbons (Fsp3) is 0.344. The predicted molar refractivity (Wildman–Crippen MR) is 180 cm³/mol. The van der Waals surface area contributed by atoms with Crippen molar-refractivity contribution >= 4 is 33.1 Å². The normalized spacial score (nSPS) is 14.7. The summed E-state index contributed by atoms with van der Waals surface area (Å²) in [4.78, 5) is 53.6. The summed E-state index contributed by atoms with van der Waals surface area (Å²) in [6, 6.07) is 8.94. The second kappa shape index (κ2) is 14.0. The number of nitrogens with zero attached hydrogens (tertiary/aromatic N) is 7. The standard InChI is InChI=1S/C32H31BrF3N11O4/c33-20-3-6-22-24(15-20)41-30(40-22)47-29(49)21(28(44-47)23-5-2-19(17-37-23)32(34,35)36)4-1-18-7-12-45(13-8-18)31(50)51-26(25-16-27(48)43-42-25)9-14-46-38-10-11-39-46/h2-3,5-6,10-11,15-18,26,44H,1,4,7-9,12-14H2,(H,40,41)(H2,42,43,48). The number of aromatic amines is 4. The van der Waals surface area contributed by atoms with Crippen molar-refractivity contribution in [3.8, 4) is 17.3 Å². The number of fused-ring (bicyclic) bond motifs is 1. The molecule has 0 saturated carbocycles. The number of ether oxygens (including phenoxy) is 1. The zero-order valence-corrected chi connectivity index (χ0v) is 28.4. The van der Waals surface area contributed by atoms with Gasteiger partial charge in [0, 0.05) is 41.8 Å². The van der Waals surface area contributed by atoms with Crippen LogP contribution < -0.4 is 11.1 Å². The lowest BCUT2D eigenvalue weighted by Crippen LogP contribution is -2.39. The summed E-state index contributed by atoms with van der Waals surface area (Å²) < 4.78 is 47.7. The molecule has 0 aliphatic carbocycles. The first-order valence-corrected chi connectivity index (χ1v) is 16.9. The largest absolute Gasteiger partial charge is 0.440 e. The van der Waals surface area contributed by atoms with Crippen LogP contribution in [0, 0.1) is 5.92 Å². The molecule has 1 aliphatic rings. The predicted octanol–water partition coefficient (Wildman–Crippen LogP) is 5.11. The minimum atomic E-state index is -4.56. The number of piperidine rings is 1. The van der Waals surface area contributed by atoms with E-state index in [4.69, 9.17) is 4.74 Å². The Morgan fingerprint density at radius 2 is 1.84 bits per heavy atom. The topological polar surface area (TPSA) is 188 Å². The Hall–Kier alpha value is -5.46. The minimum absolute atomic E-state index is 0.150. The molecule has 0 radical (unpaired) electrons. The van der Waals surface area contributed by atoms with E-state index in [1.165, 1.54) is 21.6 Å². The van der Waals surface area contributed by atoms with Gasteiger partial charge in [0.1, 0.15) is 6.10 Å². The van der Waals surface area contributed by atoms with Crippen LogP contribution in [0.4, 0.5) is 18.0 Å². The maximum atomic E-state index is 13.8. The van der Waals surface area contributed by atoms with Crippen molar-refractivity contribution in [3.05, 3.63) is 97.0 Å². The Bertz CT molecular complexity index is 2250. The molecule has 1 aromatic carbocycles. The molecule has 266 valence electrons. The zero-order valence-electron chi connectivity index (χ0n) is 26.8. The highest BCUT2D eigenvalue weighted by Gasteiger charge is 2.32. The van der Waals surface area contributed by atoms with Crippen LogP contribution >= 0.6 is 15.9 Å². The molecule has 0 spiro atoms. The van der Waals surface area contributed by atoms with Crippen LogP contribution in [0.25, 0.3) is 28.4 Å². The van der Waals surface area contributed by atoms with Crippen LogP contribution in [0.15, 0.2) is 69.1 Å². The van der Waals surface area contributed by atoms with Crippen LogP contribution in [-0.4, -0.2) is 74.0 Å². The molecule has 1 atom stereocenters. The zero-order chi connectivity index (χ0) is 35.7. The number of halogens is 4. The fourth-order valence-electron chi connectivity index (χ4n) is 6.19. The third-order valence-electron chi connectivity index (χ3n) is 8.92. The molecule has 6 heterocycles. The van der Waals surface area contributed by atoms with E-state index in [-0.39, 0.29) is 23.1 Å². The number of aromatic nitrogens is 10. The first kappa shape index (κ1) is 34.0. The van der Waals surface area contributed by atoms with Crippen LogP contribution in [0.1, 0.15) is 48.6 Å². The van der Waals surface area contributed by atoms with Crippen molar-refractivity contribution in [2.45, 2.75) is 50.9 Å². The number of alkyl halides is 3. The monoisotopic (exact) mass is 769 g/mol. The van der Waals surface area contributed by atoms with E-state index < -0.39 is 29.5 Å². The lowest BCUT2D eigenvalue weighted by molar-refractivity contribution is -0.137. The highest BCUT2D eigenvalue weighted by molar-refractivity contribution is 9.10. The summed E-state index contributed by atoms with van der Waals surface area (Å²) in [5, 5.41) is 16.4. The van der Waals surface area contributed by atoms with E-state index in [1.807, 2.05) is 12.1 Å². The lowest BCUT2D eigenvalue weighted by Gasteiger charge is -2.32. The number of pyridine rings is 1. The molecule has 1 unspecified atom stereocenters. The van der Waals surface area contributed by atoms with Crippen molar-refractivity contribution in [2.24, 2.45) is 5.92 Å². The molecule has 4 N–H and O–H groups in total. The number of amides is 1. The average Bonchev–Trinajstić information content (AvgIpc) is 3.93. The summed E-state index contributed by atoms with van der Waals surface area (Å²) in [7, 11) is 0. The molecule has 1 aliphatic heterocycles. The van der Waals surface area contributed by atoms with Gasteiger partial charge < -0.3 is 14.6 Å². The quantitative estimate of drug-likeness (QED) is 0.148. The molecule has 0 bridgehead atoms. The molecular weight excluding hydrogens is 739 g/mol. The maximum Gasteiger partial charge on any atom is 0.417 e. The van der Waals surface area contributed by atoms with Gasteiger partial charge in [-0.2, -0.15) is 32.8 Å². The fourth-order valence-corrected chi connectivity index (χ4v) is 6.55. The van der Waals surface area contributed by atoms with Gasteiger partial charge in [0.2, 0.25) is 5.95 Å². The SMILES string of the molecule is O=C(OC(CCn1nccn1)c1cc(=O)[nH][nH]1)N1CCC(CCc2c(-c3ccc(C(F)(F)F)cn3)[nH]n(-c3nc4ccc(Br)cc4[nH]3)c2=O)CC1. The Morgan fingerprint density at radius 3 is 2.53 bits per heavy atom. The van der Waals surface area contributed by atoms with Gasteiger partial charge in [0.05, 0.1) is 52.6 Å². The first-order chi connectivity index (χ1) is 24.5. The third kappa shape index (κ3) is 7.52. The molecule has 7 rings (SSSR count). The summed E-state index contributed by atoms with van der Waals surface area (Å²) in [5.41, 5.74) is 0.948. The van der Waals surface area contributed by atoms with Gasteiger partial charge >= 0.3 is 12.3 Å². The highest BCUT2D eigenvalue weighted by Crippen LogP contribution is 2.31. The van der Waals surface area contributed by atoms with Gasteiger partial charge in [-0.25, -0.2) is 9.78 Å². The van der Waals surface area contributed by atoms with Crippen molar-refractivity contribution in [1.29, 1.82) is 0 Å². The summed E-state index contributed by atoms with van der Waals surface area (Å²) in [5.74, 6) is 0.374. The van der Waals surface area contributed by atoms with E-state index in [9.17, 15) is 27.6 Å². The Kier molecular flexibility index (Phi) is 9.37. The molecule has 1 amide bonds. The van der Waals surface area contributed by atoms with Crippen molar-refractivity contribution < 1.29 is 22.7 Å². The average molecular weight is 771 g/mol. The van der Waals surface area contributed by atoms with Gasteiger partial charge in [-0.15, -0.1) is 0 Å². The highest BCUT2D eigenvalue weighted by atomic mass is 79.9. The molecule has 15 nitrogen and oxygen atoms in total. The van der Waals surface area contributed by atoms with Gasteiger partial charge in [0.25, 0.3) is 11.1 Å². The third-order valence-corrected chi connectivity index (χ3v) is 9.41. The molecule has 6 aromatic rings. The second-order valence-corrected chi connectivity index (χ2v) is 13.1. The van der Waals surface area contributed by atoms with Crippen LogP contribution in [0.5, 0.6) is 0 Å². The van der Waals surface area contributed by atoms with Crippen molar-refractivity contribution in [3.63, 3.8) is 0 Å². The number of likely N-dealkylation sites (tertiary alicyclic amines) is 1. The van der Waals surface area contributed by atoms with Gasteiger partial charge in [-0.1, -0.05) is 15.9 Å². The minimum Gasteiger partial charge on any atom is -0.440 e. The Labute approximate surface area is 294 Å². The lowest BCUT2D eigenvalue weighted by atomic mass is 9.90. The molecule has 1 saturated heterocycles. The van der Waals surface area contributed by atoms with Crippen molar-refractivity contribution in [2.75, 3.05) is 13.1 Å². The molecule has 19 heteroatoms. The number of H-pyrrole nitrogens is 4. The molecule has 5 aromatic heterocycles. The number of nitrogens with one attached hydrogen (secondary N) is 4. The first-order valence-electron chi connectivity index (χ1n) is 16.1. The number of hydrogen-bond donors (Lipinski definition) is 4. The molecule has 51 heavy (non-hydrogen) atoms. The Balaban J connectivity index is 1.05. The van der Waals surface area contributed by atoms with E-state index in [1.54, 1.807) is 23.4 Å². The number of rotatable bonds is 10. The van der Waals surface area contributed by atoms with Crippen LogP contribution in [-0.2, 0) is 23.9 Å². The number of hydrogen-bond acceptors (Lipinski definition) is 8. The maximum absolute atomic E-state index is 13.8. The van der Waals surface area contributed by atoms with E-state index >= 15 is 0 Å². The summed E-state index contributed by atoms with van der Waals surface area (Å²) in [6.07, 6.45) is 0.533. The number of imidazole rings is 1. The Morgan fingerprint density at radius 1 is 1.06 bits per heavy atom. The van der Waals surface area contributed by atoms with Crippen molar-refractivity contribution in [1.82, 2.24) is 54.8 Å². The number of benzene rings is 1. The smallest absolute Gasteiger partial charge is 0.417 e. The van der Waals surface area contributed by atoms with Gasteiger partial charge in [0.15, 0.2) is 0 Å². The van der Waals surface area contributed by atoms with E-state index in [0.717, 1.165) is 16.7 Å². The summed E-state index contributed by atoms with van der Waals surface area (Å²) >= 11 is 3.42. The molecule has 1 fully saturated rings. The number of aryl methyl sites for hydroxylation is 1. The number of carbonyl (C=O) groups is 1. The molecular formula is C32H31BrF3N11O4. The van der Waals surface area contributed by atoms with E-state index in [0.29, 0.717) is 79.7 Å².